The molecule has 1 aromatic heterocycles. The van der Waals surface area contributed by atoms with Crippen LogP contribution in [0.4, 0.5) is 17.1 Å². The standard InChI is InChI=1S/C69H43NO2/c1-2-13-44(14-3-1)45-25-34-51(35-26-45)70(52-36-27-46(28-37-52)50-31-40-58-57-19-9-11-24-64(57)71-65(58)43-50)53-38-29-49(30-39-53)54-21-12-23-61-66(54)59-20-8-10-22-60(59)69(61)62-41-32-47-15-4-6-17-55(47)67(62)72-68-56-18-7-5-16-48(56)33-42-63(68)69/h1-43H. The van der Waals surface area contributed by atoms with E-state index in [2.05, 4.69) is 254 Å². The molecule has 0 amide bonds. The second-order valence-corrected chi connectivity index (χ2v) is 19.1. The summed E-state index contributed by atoms with van der Waals surface area (Å²) in [5, 5.41) is 6.82. The number of para-hydroxylation sites is 1. The van der Waals surface area contributed by atoms with E-state index >= 15 is 0 Å². The zero-order chi connectivity index (χ0) is 47.3. The maximum atomic E-state index is 7.22. The van der Waals surface area contributed by atoms with Crippen LogP contribution in [-0.4, -0.2) is 0 Å². The molecule has 336 valence electrons. The van der Waals surface area contributed by atoms with Crippen LogP contribution in [0, 0.1) is 0 Å². The Bertz CT molecular complexity index is 4200. The number of ether oxygens (including phenoxy) is 1. The van der Waals surface area contributed by atoms with E-state index in [-0.39, 0.29) is 0 Å². The lowest BCUT2D eigenvalue weighted by atomic mass is 9.65. The van der Waals surface area contributed by atoms with Crippen molar-refractivity contribution in [3.05, 3.63) is 283 Å². The predicted octanol–water partition coefficient (Wildman–Crippen LogP) is 18.8. The monoisotopic (exact) mass is 917 g/mol. The third kappa shape index (κ3) is 5.98. The summed E-state index contributed by atoms with van der Waals surface area (Å²) in [5.74, 6) is 1.85. The van der Waals surface area contributed by atoms with E-state index < -0.39 is 5.41 Å². The predicted molar refractivity (Wildman–Crippen MR) is 297 cm³/mol. The van der Waals surface area contributed by atoms with Crippen LogP contribution in [0.25, 0.3) is 88.0 Å². The highest BCUT2D eigenvalue weighted by atomic mass is 16.5. The van der Waals surface area contributed by atoms with Gasteiger partial charge < -0.3 is 14.1 Å². The molecule has 0 radical (unpaired) electrons. The fourth-order valence-electron chi connectivity index (χ4n) is 12.1. The zero-order valence-corrected chi connectivity index (χ0v) is 39.1. The lowest BCUT2D eigenvalue weighted by Crippen LogP contribution is -2.32. The van der Waals surface area contributed by atoms with Crippen LogP contribution in [0.2, 0.25) is 0 Å². The molecule has 0 saturated heterocycles. The van der Waals surface area contributed by atoms with Crippen molar-refractivity contribution in [2.24, 2.45) is 0 Å². The molecule has 0 saturated carbocycles. The number of anilines is 3. The molecule has 0 fully saturated rings. The van der Waals surface area contributed by atoms with Gasteiger partial charge in [-0.3, -0.25) is 0 Å². The van der Waals surface area contributed by atoms with Gasteiger partial charge in [0, 0.05) is 49.7 Å². The number of nitrogens with zero attached hydrogens (tertiary/aromatic N) is 1. The molecule has 0 atom stereocenters. The lowest BCUT2D eigenvalue weighted by Gasteiger charge is -2.40. The van der Waals surface area contributed by atoms with Crippen molar-refractivity contribution in [2.45, 2.75) is 5.41 Å². The average Bonchev–Trinajstić information content (AvgIpc) is 3.97. The largest absolute Gasteiger partial charge is 0.456 e. The summed E-state index contributed by atoms with van der Waals surface area (Å²) in [6.07, 6.45) is 0. The van der Waals surface area contributed by atoms with Gasteiger partial charge >= 0.3 is 0 Å². The Hall–Kier alpha value is -9.44. The molecular formula is C69H43NO2. The highest BCUT2D eigenvalue weighted by Gasteiger charge is 2.52. The molecule has 3 nitrogen and oxygen atoms in total. The lowest BCUT2D eigenvalue weighted by molar-refractivity contribution is 0.447. The van der Waals surface area contributed by atoms with Crippen molar-refractivity contribution < 1.29 is 9.15 Å². The van der Waals surface area contributed by atoms with E-state index in [4.69, 9.17) is 9.15 Å². The SMILES string of the molecule is c1ccc(-c2ccc(N(c3ccc(-c4ccc5c(c4)oc4ccccc45)cc3)c3ccc(-c4cccc5c4-c4ccccc4C54c5ccc6ccccc6c5Oc5c4ccc4ccccc54)cc3)cc2)cc1. The third-order valence-electron chi connectivity index (χ3n) is 15.3. The Balaban J connectivity index is 0.867. The molecule has 72 heavy (non-hydrogen) atoms. The summed E-state index contributed by atoms with van der Waals surface area (Å²) in [6, 6.07) is 94.7. The number of hydrogen-bond donors (Lipinski definition) is 0. The average molecular weight is 918 g/mol. The van der Waals surface area contributed by atoms with Crippen LogP contribution in [0.1, 0.15) is 22.3 Å². The molecule has 2 aliphatic rings. The zero-order valence-electron chi connectivity index (χ0n) is 39.1. The number of rotatable bonds is 6. The summed E-state index contributed by atoms with van der Waals surface area (Å²) in [7, 11) is 0. The molecule has 0 N–H and O–H groups in total. The van der Waals surface area contributed by atoms with E-state index in [0.29, 0.717) is 0 Å². The van der Waals surface area contributed by atoms with Gasteiger partial charge in [0.1, 0.15) is 22.7 Å². The van der Waals surface area contributed by atoms with Crippen molar-refractivity contribution in [3.8, 4) is 56.0 Å². The van der Waals surface area contributed by atoms with Gasteiger partial charge in [0.15, 0.2) is 0 Å². The van der Waals surface area contributed by atoms with Crippen LogP contribution in [0.3, 0.4) is 0 Å². The van der Waals surface area contributed by atoms with Crippen LogP contribution >= 0.6 is 0 Å². The first-order valence-corrected chi connectivity index (χ1v) is 24.7. The first-order chi connectivity index (χ1) is 35.7. The summed E-state index contributed by atoms with van der Waals surface area (Å²) >= 11 is 0. The van der Waals surface area contributed by atoms with Gasteiger partial charge in [-0.25, -0.2) is 0 Å². The second kappa shape index (κ2) is 15.8. The van der Waals surface area contributed by atoms with E-state index in [0.717, 1.165) is 99.9 Å². The van der Waals surface area contributed by atoms with Crippen LogP contribution in [0.5, 0.6) is 11.5 Å². The maximum absolute atomic E-state index is 7.22. The topological polar surface area (TPSA) is 25.6 Å². The summed E-state index contributed by atoms with van der Waals surface area (Å²) in [4.78, 5) is 2.36. The van der Waals surface area contributed by atoms with Gasteiger partial charge in [0.05, 0.1) is 5.41 Å². The van der Waals surface area contributed by atoms with Crippen molar-refractivity contribution in [1.29, 1.82) is 0 Å². The van der Waals surface area contributed by atoms with Crippen molar-refractivity contribution in [3.63, 3.8) is 0 Å². The number of benzene rings is 12. The highest BCUT2D eigenvalue weighted by Crippen LogP contribution is 2.65. The van der Waals surface area contributed by atoms with Crippen molar-refractivity contribution in [1.82, 2.24) is 0 Å². The minimum atomic E-state index is -0.619. The van der Waals surface area contributed by atoms with Gasteiger partial charge in [0.25, 0.3) is 0 Å². The van der Waals surface area contributed by atoms with Gasteiger partial charge in [-0.1, -0.05) is 206 Å². The van der Waals surface area contributed by atoms with Gasteiger partial charge in [-0.2, -0.15) is 0 Å². The number of hydrogen-bond acceptors (Lipinski definition) is 3. The molecule has 1 aliphatic heterocycles. The molecule has 0 unspecified atom stereocenters. The molecule has 0 bridgehead atoms. The van der Waals surface area contributed by atoms with Gasteiger partial charge in [-0.15, -0.1) is 0 Å². The first-order valence-electron chi connectivity index (χ1n) is 24.7. The normalized spacial score (nSPS) is 12.9. The molecule has 1 aliphatic carbocycles. The van der Waals surface area contributed by atoms with E-state index in [9.17, 15) is 0 Å². The van der Waals surface area contributed by atoms with E-state index in [1.165, 1.54) is 38.9 Å². The Labute approximate surface area is 417 Å². The minimum absolute atomic E-state index is 0.619. The number of fused-ring (bicyclic) bond motifs is 16. The molecule has 3 heteroatoms. The molecular weight excluding hydrogens is 875 g/mol. The van der Waals surface area contributed by atoms with Crippen LogP contribution in [-0.2, 0) is 5.41 Å². The molecule has 15 rings (SSSR count). The summed E-state index contributed by atoms with van der Waals surface area (Å²) < 4.78 is 13.5. The Kier molecular flexibility index (Phi) is 8.87. The second-order valence-electron chi connectivity index (χ2n) is 19.1. The molecule has 12 aromatic carbocycles. The first kappa shape index (κ1) is 40.4. The number of furan rings is 1. The van der Waals surface area contributed by atoms with E-state index in [1.807, 2.05) is 12.1 Å². The minimum Gasteiger partial charge on any atom is -0.456 e. The quantitative estimate of drug-likeness (QED) is 0.166. The smallest absolute Gasteiger partial charge is 0.140 e. The maximum Gasteiger partial charge on any atom is 0.140 e. The fourth-order valence-corrected chi connectivity index (χ4v) is 12.1. The van der Waals surface area contributed by atoms with Crippen LogP contribution in [0.15, 0.2) is 265 Å². The molecule has 13 aromatic rings. The fraction of sp³-hybridized carbons (Fsp3) is 0.0145. The van der Waals surface area contributed by atoms with Crippen molar-refractivity contribution in [2.75, 3.05) is 4.90 Å². The van der Waals surface area contributed by atoms with Crippen molar-refractivity contribution >= 4 is 60.5 Å². The van der Waals surface area contributed by atoms with Gasteiger partial charge in [0.2, 0.25) is 0 Å². The summed E-state index contributed by atoms with van der Waals surface area (Å²) in [6.45, 7) is 0. The van der Waals surface area contributed by atoms with Gasteiger partial charge in [-0.05, 0) is 121 Å². The highest BCUT2D eigenvalue weighted by molar-refractivity contribution is 6.06. The Morgan fingerprint density at radius 2 is 0.778 bits per heavy atom. The Morgan fingerprint density at radius 3 is 1.44 bits per heavy atom. The molecule has 1 spiro atoms. The molecule has 2 heterocycles. The third-order valence-corrected chi connectivity index (χ3v) is 15.3. The Morgan fingerprint density at radius 1 is 0.292 bits per heavy atom. The summed E-state index contributed by atoms with van der Waals surface area (Å²) in [5.41, 5.74) is 18.7. The van der Waals surface area contributed by atoms with E-state index in [1.54, 1.807) is 0 Å². The van der Waals surface area contributed by atoms with Crippen LogP contribution < -0.4 is 9.64 Å².